The van der Waals surface area contributed by atoms with Crippen LogP contribution in [0.25, 0.3) is 28.2 Å². The van der Waals surface area contributed by atoms with Crippen LogP contribution in [0.5, 0.6) is 0 Å². The van der Waals surface area contributed by atoms with E-state index in [9.17, 15) is 10.1 Å². The molecule has 0 aliphatic rings. The van der Waals surface area contributed by atoms with Crippen LogP contribution in [0.3, 0.4) is 0 Å². The van der Waals surface area contributed by atoms with E-state index in [2.05, 4.69) is 9.98 Å². The topological polar surface area (TPSA) is 88.5 Å². The first-order valence-electron chi connectivity index (χ1n) is 9.97. The second-order valence-electron chi connectivity index (χ2n) is 7.29. The minimum atomic E-state index is -0.483. The fourth-order valence-electron chi connectivity index (χ4n) is 3.55. The summed E-state index contributed by atoms with van der Waals surface area (Å²) in [5, 5.41) is 12.5. The molecular weight excluding hydrogens is 499 g/mol. The van der Waals surface area contributed by atoms with Gasteiger partial charge in [-0.2, -0.15) is 4.40 Å². The molecule has 7 nitrogen and oxygen atoms in total. The first kappa shape index (κ1) is 22.2. The fraction of sp³-hybridized carbons (Fsp3) is 0. The molecule has 3 aromatic heterocycles. The molecular formula is C24H14Cl3N4O3+. The number of non-ortho nitro benzene ring substituents is 1. The highest BCUT2D eigenvalue weighted by molar-refractivity contribution is 6.36. The van der Waals surface area contributed by atoms with Gasteiger partial charge in [-0.05, 0) is 42.5 Å². The highest BCUT2D eigenvalue weighted by Crippen LogP contribution is 2.35. The van der Waals surface area contributed by atoms with Gasteiger partial charge < -0.3 is 4.42 Å². The standard InChI is InChI=1S/C24H13Cl3N4O3/c25-14-4-7-17(20(27)11-14)23-24(30-10-2-1-3-22(30)29-23)28-13-16-6-9-21(34-16)18-12-15(31(32)33)5-8-19(18)26/h1-13H/p+1. The van der Waals surface area contributed by atoms with Crippen molar-refractivity contribution in [2.75, 3.05) is 0 Å². The molecule has 1 N–H and O–H groups in total. The number of aromatic nitrogens is 2. The summed E-state index contributed by atoms with van der Waals surface area (Å²) in [5.41, 5.74) is 2.61. The van der Waals surface area contributed by atoms with Crippen LogP contribution in [0.15, 0.2) is 82.3 Å². The van der Waals surface area contributed by atoms with Crippen molar-refractivity contribution in [3.63, 3.8) is 0 Å². The van der Waals surface area contributed by atoms with Crippen molar-refractivity contribution in [2.24, 2.45) is 4.99 Å². The monoisotopic (exact) mass is 511 g/mol. The second-order valence-corrected chi connectivity index (χ2v) is 8.54. The zero-order valence-electron chi connectivity index (χ0n) is 17.2. The molecule has 10 heteroatoms. The Morgan fingerprint density at radius 3 is 2.62 bits per heavy atom. The number of furan rings is 1. The van der Waals surface area contributed by atoms with Crippen molar-refractivity contribution in [1.29, 1.82) is 0 Å². The molecule has 5 aromatic rings. The molecule has 0 atom stereocenters. The SMILES string of the molecule is O=[N+]([O-])c1ccc(Cl)c(-c2ccc(C=Nc3c(-c4ccc(Cl)cc4Cl)[nH]c4cccc[n+]34)o2)c1. The van der Waals surface area contributed by atoms with Crippen molar-refractivity contribution < 1.29 is 13.7 Å². The Labute approximate surface area is 208 Å². The number of hydrogen-bond donors (Lipinski definition) is 1. The van der Waals surface area contributed by atoms with Crippen LogP contribution in [0, 0.1) is 10.1 Å². The van der Waals surface area contributed by atoms with Crippen molar-refractivity contribution in [2.45, 2.75) is 0 Å². The normalized spacial score (nSPS) is 11.5. The average molecular weight is 513 g/mol. The lowest BCUT2D eigenvalue weighted by atomic mass is 10.1. The van der Waals surface area contributed by atoms with Gasteiger partial charge in [-0.25, -0.2) is 0 Å². The molecule has 0 aliphatic carbocycles. The number of nitro groups is 1. The Hall–Kier alpha value is -3.65. The zero-order chi connectivity index (χ0) is 23.8. The van der Waals surface area contributed by atoms with Gasteiger partial charge in [0.15, 0.2) is 11.5 Å². The zero-order valence-corrected chi connectivity index (χ0v) is 19.5. The number of rotatable bonds is 5. The van der Waals surface area contributed by atoms with Crippen LogP contribution in [0.1, 0.15) is 5.76 Å². The maximum Gasteiger partial charge on any atom is 0.307 e. The molecule has 0 radical (unpaired) electrons. The van der Waals surface area contributed by atoms with Crippen LogP contribution in [-0.2, 0) is 0 Å². The molecule has 0 bridgehead atoms. The molecule has 0 saturated carbocycles. The largest absolute Gasteiger partial charge is 0.454 e. The van der Waals surface area contributed by atoms with Gasteiger partial charge in [0, 0.05) is 34.3 Å². The summed E-state index contributed by atoms with van der Waals surface area (Å²) in [5.74, 6) is 1.44. The lowest BCUT2D eigenvalue weighted by molar-refractivity contribution is -0.495. The van der Waals surface area contributed by atoms with Crippen LogP contribution in [0.4, 0.5) is 11.5 Å². The number of fused-ring (bicyclic) bond motifs is 1. The van der Waals surface area contributed by atoms with Gasteiger partial charge in [0.25, 0.3) is 5.69 Å². The number of pyridine rings is 1. The van der Waals surface area contributed by atoms with E-state index in [4.69, 9.17) is 39.2 Å². The first-order valence-corrected chi connectivity index (χ1v) is 11.1. The average Bonchev–Trinajstić information content (AvgIpc) is 3.42. The van der Waals surface area contributed by atoms with Crippen molar-refractivity contribution >= 4 is 58.2 Å². The van der Waals surface area contributed by atoms with Gasteiger partial charge >= 0.3 is 5.82 Å². The van der Waals surface area contributed by atoms with E-state index in [0.29, 0.717) is 43.7 Å². The van der Waals surface area contributed by atoms with Gasteiger partial charge in [-0.3, -0.25) is 15.1 Å². The summed E-state index contributed by atoms with van der Waals surface area (Å²) in [4.78, 5) is 18.6. The molecule has 5 rings (SSSR count). The van der Waals surface area contributed by atoms with E-state index < -0.39 is 4.92 Å². The van der Waals surface area contributed by atoms with Crippen molar-refractivity contribution in [3.05, 3.63) is 104 Å². The lowest BCUT2D eigenvalue weighted by Gasteiger charge is -2.00. The number of imidazole rings is 1. The molecule has 2 aromatic carbocycles. The van der Waals surface area contributed by atoms with E-state index in [1.807, 2.05) is 34.9 Å². The minimum absolute atomic E-state index is 0.0781. The van der Waals surface area contributed by atoms with Gasteiger partial charge in [-0.15, -0.1) is 4.99 Å². The number of aromatic amines is 1. The Morgan fingerprint density at radius 1 is 0.971 bits per heavy atom. The third kappa shape index (κ3) is 4.17. The van der Waals surface area contributed by atoms with Crippen molar-refractivity contribution in [1.82, 2.24) is 4.98 Å². The van der Waals surface area contributed by atoms with Crippen LogP contribution in [-0.4, -0.2) is 16.1 Å². The first-order chi connectivity index (χ1) is 16.4. The minimum Gasteiger partial charge on any atom is -0.454 e. The number of aliphatic imine (C=N–C) groups is 1. The summed E-state index contributed by atoms with van der Waals surface area (Å²) < 4.78 is 7.75. The predicted molar refractivity (Wildman–Crippen MR) is 132 cm³/mol. The highest BCUT2D eigenvalue weighted by atomic mass is 35.5. The molecule has 0 spiro atoms. The van der Waals surface area contributed by atoms with E-state index in [0.717, 1.165) is 11.2 Å². The van der Waals surface area contributed by atoms with Gasteiger partial charge in [0.2, 0.25) is 5.65 Å². The summed E-state index contributed by atoms with van der Waals surface area (Å²) in [7, 11) is 0. The smallest absolute Gasteiger partial charge is 0.307 e. The second kappa shape index (κ2) is 8.95. The number of nitrogens with one attached hydrogen (secondary N) is 1. The molecule has 0 unspecified atom stereocenters. The summed E-state index contributed by atoms with van der Waals surface area (Å²) in [6.45, 7) is 0. The molecule has 3 heterocycles. The maximum absolute atomic E-state index is 11.1. The number of benzene rings is 2. The van der Waals surface area contributed by atoms with E-state index in [1.54, 1.807) is 30.5 Å². The molecule has 0 saturated heterocycles. The summed E-state index contributed by atoms with van der Waals surface area (Å²) in [6.07, 6.45) is 3.44. The van der Waals surface area contributed by atoms with E-state index in [-0.39, 0.29) is 5.69 Å². The fourth-order valence-corrected chi connectivity index (χ4v) is 4.26. The van der Waals surface area contributed by atoms with Crippen LogP contribution >= 0.6 is 34.8 Å². The quantitative estimate of drug-likeness (QED) is 0.116. The summed E-state index contributed by atoms with van der Waals surface area (Å²) in [6, 6.07) is 18.6. The molecule has 0 fully saturated rings. The van der Waals surface area contributed by atoms with E-state index >= 15 is 0 Å². The van der Waals surface area contributed by atoms with E-state index in [1.165, 1.54) is 18.2 Å². The molecule has 34 heavy (non-hydrogen) atoms. The number of nitrogens with zero attached hydrogens (tertiary/aromatic N) is 3. The number of H-pyrrole nitrogens is 1. The highest BCUT2D eigenvalue weighted by Gasteiger charge is 2.22. The number of halogens is 3. The lowest BCUT2D eigenvalue weighted by Crippen LogP contribution is -2.17. The third-order valence-corrected chi connectivity index (χ3v) is 6.01. The Balaban J connectivity index is 1.56. The Bertz CT molecular complexity index is 1590. The predicted octanol–water partition coefficient (Wildman–Crippen LogP) is 7.30. The van der Waals surface area contributed by atoms with Gasteiger partial charge in [0.05, 0.1) is 21.2 Å². The van der Waals surface area contributed by atoms with Crippen molar-refractivity contribution in [3.8, 4) is 22.6 Å². The molecule has 0 amide bonds. The number of hydrogen-bond acceptors (Lipinski definition) is 4. The van der Waals surface area contributed by atoms with Crippen LogP contribution < -0.4 is 4.40 Å². The summed E-state index contributed by atoms with van der Waals surface area (Å²) >= 11 is 18.8. The van der Waals surface area contributed by atoms with Crippen LogP contribution in [0.2, 0.25) is 15.1 Å². The molecule has 168 valence electrons. The molecule has 0 aliphatic heterocycles. The Morgan fingerprint density at radius 2 is 1.82 bits per heavy atom. The Kier molecular flexibility index (Phi) is 5.83. The number of nitro benzene ring substituents is 1. The maximum atomic E-state index is 11.1. The van der Waals surface area contributed by atoms with Gasteiger partial charge in [0.1, 0.15) is 12.0 Å². The van der Waals surface area contributed by atoms with Gasteiger partial charge in [-0.1, -0.05) is 40.9 Å². The third-order valence-electron chi connectivity index (χ3n) is 5.13.